The fourth-order valence-corrected chi connectivity index (χ4v) is 5.53. The van der Waals surface area contributed by atoms with Crippen LogP contribution in [0.1, 0.15) is 44.0 Å². The Hall–Kier alpha value is -3.65. The van der Waals surface area contributed by atoms with Gasteiger partial charge in [-0.3, -0.25) is 9.69 Å². The third kappa shape index (κ3) is 4.92. The van der Waals surface area contributed by atoms with Crippen LogP contribution in [-0.2, 0) is 7.05 Å². The molecular weight excluding hydrogens is 502 g/mol. The van der Waals surface area contributed by atoms with Gasteiger partial charge in [0.25, 0.3) is 5.56 Å². The maximum Gasteiger partial charge on any atom is 0.573 e. The Morgan fingerprint density at radius 1 is 1.11 bits per heavy atom. The van der Waals surface area contributed by atoms with Gasteiger partial charge in [0, 0.05) is 56.0 Å². The number of pyridine rings is 2. The highest BCUT2D eigenvalue weighted by molar-refractivity contribution is 5.89. The molecule has 2 aromatic heterocycles. The van der Waals surface area contributed by atoms with Crippen molar-refractivity contribution >= 4 is 16.7 Å². The molecule has 0 N–H and O–H groups in total. The Morgan fingerprint density at radius 2 is 1.84 bits per heavy atom. The van der Waals surface area contributed by atoms with Gasteiger partial charge >= 0.3 is 6.36 Å². The minimum Gasteiger partial charge on any atom is -0.406 e. The number of piperazine rings is 1. The Morgan fingerprint density at radius 3 is 2.47 bits per heavy atom. The van der Waals surface area contributed by atoms with Crippen molar-refractivity contribution in [3.05, 3.63) is 63.8 Å². The van der Waals surface area contributed by atoms with E-state index >= 15 is 4.39 Å². The zero-order chi connectivity index (χ0) is 27.4. The van der Waals surface area contributed by atoms with Crippen molar-refractivity contribution in [3.63, 3.8) is 0 Å². The van der Waals surface area contributed by atoms with Crippen LogP contribution >= 0.6 is 0 Å². The third-order valence-corrected chi connectivity index (χ3v) is 7.48. The summed E-state index contributed by atoms with van der Waals surface area (Å²) < 4.78 is 58.4. The summed E-state index contributed by atoms with van der Waals surface area (Å²) in [5.41, 5.74) is 2.23. The number of aromatic nitrogens is 2. The molecule has 0 bridgehead atoms. The summed E-state index contributed by atoms with van der Waals surface area (Å²) in [7, 11) is 1.66. The number of halogens is 4. The highest BCUT2D eigenvalue weighted by Crippen LogP contribution is 2.47. The molecule has 2 fully saturated rings. The lowest BCUT2D eigenvalue weighted by atomic mass is 9.95. The molecule has 1 aromatic carbocycles. The van der Waals surface area contributed by atoms with Crippen LogP contribution in [0.3, 0.4) is 0 Å². The summed E-state index contributed by atoms with van der Waals surface area (Å²) in [6.07, 6.45) is -3.07. The fraction of sp³-hybridized carbons (Fsp3) is 0.444. The Bertz CT molecular complexity index is 1480. The summed E-state index contributed by atoms with van der Waals surface area (Å²) in [6, 6.07) is 9.78. The molecule has 1 aliphatic carbocycles. The summed E-state index contributed by atoms with van der Waals surface area (Å²) in [5.74, 6) is -1.11. The monoisotopic (exact) mass is 529 g/mol. The van der Waals surface area contributed by atoms with E-state index in [1.807, 2.05) is 13.8 Å². The fourth-order valence-electron chi connectivity index (χ4n) is 5.53. The summed E-state index contributed by atoms with van der Waals surface area (Å²) >= 11 is 0. The minimum absolute atomic E-state index is 0.0689. The van der Waals surface area contributed by atoms with E-state index in [2.05, 4.69) is 25.6 Å². The average molecular weight is 530 g/mol. The SMILES string of the molecule is C[C@@H]1CN(c2cc(=O)n(C)c3ccc(C#N)nc23)[C@@H](C)CN1C(c1ccc(OC(F)(F)F)cc1F)C1CC1. The number of rotatable bonds is 5. The molecular formula is C27H27F4N5O2. The minimum atomic E-state index is -4.89. The maximum atomic E-state index is 15.2. The first-order valence-corrected chi connectivity index (χ1v) is 12.4. The predicted octanol–water partition coefficient (Wildman–Crippen LogP) is 4.89. The molecule has 5 rings (SSSR count). The average Bonchev–Trinajstić information content (AvgIpc) is 3.69. The number of hydrogen-bond acceptors (Lipinski definition) is 6. The molecule has 0 radical (unpaired) electrons. The molecule has 1 saturated carbocycles. The lowest BCUT2D eigenvalue weighted by Crippen LogP contribution is -2.58. The summed E-state index contributed by atoms with van der Waals surface area (Å²) in [6.45, 7) is 5.08. The lowest BCUT2D eigenvalue weighted by molar-refractivity contribution is -0.274. The second-order valence-electron chi connectivity index (χ2n) is 10.2. The number of hydrogen-bond donors (Lipinski definition) is 0. The van der Waals surface area contributed by atoms with Crippen LogP contribution in [0.5, 0.6) is 5.75 Å². The van der Waals surface area contributed by atoms with Crippen molar-refractivity contribution < 1.29 is 22.3 Å². The van der Waals surface area contributed by atoms with E-state index in [9.17, 15) is 23.2 Å². The molecule has 1 aliphatic heterocycles. The van der Waals surface area contributed by atoms with Gasteiger partial charge in [-0.2, -0.15) is 5.26 Å². The van der Waals surface area contributed by atoms with Crippen molar-refractivity contribution in [2.45, 2.75) is 51.2 Å². The van der Waals surface area contributed by atoms with Crippen molar-refractivity contribution in [2.75, 3.05) is 18.0 Å². The molecule has 0 amide bonds. The van der Waals surface area contributed by atoms with Crippen molar-refractivity contribution in [3.8, 4) is 11.8 Å². The molecule has 3 aromatic rings. The van der Waals surface area contributed by atoms with Gasteiger partial charge in [-0.1, -0.05) is 6.07 Å². The van der Waals surface area contributed by atoms with E-state index < -0.39 is 17.9 Å². The van der Waals surface area contributed by atoms with Crippen LogP contribution in [-0.4, -0.2) is 46.0 Å². The van der Waals surface area contributed by atoms with Crippen LogP contribution in [0.4, 0.5) is 23.2 Å². The zero-order valence-electron chi connectivity index (χ0n) is 21.2. The van der Waals surface area contributed by atoms with Crippen LogP contribution in [0.2, 0.25) is 0 Å². The summed E-state index contributed by atoms with van der Waals surface area (Å²) in [5, 5.41) is 9.38. The molecule has 3 heterocycles. The zero-order valence-corrected chi connectivity index (χ0v) is 21.2. The van der Waals surface area contributed by atoms with Gasteiger partial charge < -0.3 is 14.2 Å². The Kier molecular flexibility index (Phi) is 6.55. The predicted molar refractivity (Wildman–Crippen MR) is 133 cm³/mol. The Labute approximate surface area is 216 Å². The van der Waals surface area contributed by atoms with Gasteiger partial charge in [-0.25, -0.2) is 9.37 Å². The normalized spacial score (nSPS) is 21.4. The molecule has 0 spiro atoms. The van der Waals surface area contributed by atoms with E-state index in [4.69, 9.17) is 0 Å². The van der Waals surface area contributed by atoms with Crippen molar-refractivity contribution in [1.29, 1.82) is 5.26 Å². The quantitative estimate of drug-likeness (QED) is 0.438. The second kappa shape index (κ2) is 9.58. The molecule has 7 nitrogen and oxygen atoms in total. The third-order valence-electron chi connectivity index (χ3n) is 7.48. The number of nitrogens with zero attached hydrogens (tertiary/aromatic N) is 5. The molecule has 3 atom stereocenters. The first-order chi connectivity index (χ1) is 18.0. The molecule has 200 valence electrons. The molecule has 38 heavy (non-hydrogen) atoms. The van der Waals surface area contributed by atoms with Crippen LogP contribution < -0.4 is 15.2 Å². The van der Waals surface area contributed by atoms with E-state index in [0.29, 0.717) is 35.4 Å². The highest BCUT2D eigenvalue weighted by Gasteiger charge is 2.43. The maximum absolute atomic E-state index is 15.2. The standard InChI is InChI=1S/C27H27F4N5O2/c1-15-14-36(26(17-4-5-17)20-8-7-19(10-21(20)28)38-27(29,30)31)16(2)13-35(15)23-11-24(37)34(3)22-9-6-18(12-32)33-25(22)23/h6-11,15-17,26H,4-5,13-14H2,1-3H3/t15-,16+,26?/m0/s1. The van der Waals surface area contributed by atoms with Gasteiger partial charge in [-0.15, -0.1) is 13.2 Å². The second-order valence-corrected chi connectivity index (χ2v) is 10.2. The Balaban J connectivity index is 1.47. The first-order valence-electron chi connectivity index (χ1n) is 12.4. The number of benzene rings is 1. The molecule has 1 saturated heterocycles. The van der Waals surface area contributed by atoms with Crippen LogP contribution in [0.25, 0.3) is 11.0 Å². The van der Waals surface area contributed by atoms with Gasteiger partial charge in [0.15, 0.2) is 0 Å². The van der Waals surface area contributed by atoms with Gasteiger partial charge in [-0.05, 0) is 50.8 Å². The van der Waals surface area contributed by atoms with Crippen LogP contribution in [0, 0.1) is 23.1 Å². The van der Waals surface area contributed by atoms with Gasteiger partial charge in [0.1, 0.15) is 28.8 Å². The van der Waals surface area contributed by atoms with E-state index in [0.717, 1.165) is 25.0 Å². The number of alkyl halides is 3. The van der Waals surface area contributed by atoms with Gasteiger partial charge in [0.05, 0.1) is 11.2 Å². The number of fused-ring (bicyclic) bond motifs is 1. The van der Waals surface area contributed by atoms with Gasteiger partial charge in [0.2, 0.25) is 0 Å². The number of anilines is 1. The number of aryl methyl sites for hydroxylation is 1. The first kappa shape index (κ1) is 26.0. The topological polar surface area (TPSA) is 74.4 Å². The number of ether oxygens (including phenoxy) is 1. The lowest BCUT2D eigenvalue weighted by Gasteiger charge is -2.48. The van der Waals surface area contributed by atoms with Crippen molar-refractivity contribution in [2.24, 2.45) is 13.0 Å². The summed E-state index contributed by atoms with van der Waals surface area (Å²) in [4.78, 5) is 21.6. The molecule has 1 unspecified atom stereocenters. The van der Waals surface area contributed by atoms with Crippen molar-refractivity contribution in [1.82, 2.24) is 14.5 Å². The van der Waals surface area contributed by atoms with E-state index in [1.54, 1.807) is 19.2 Å². The highest BCUT2D eigenvalue weighted by atomic mass is 19.4. The number of nitriles is 1. The molecule has 2 aliphatic rings. The van der Waals surface area contributed by atoms with Crippen LogP contribution in [0.15, 0.2) is 41.2 Å². The molecule has 11 heteroatoms. The largest absolute Gasteiger partial charge is 0.573 e. The smallest absolute Gasteiger partial charge is 0.406 e. The van der Waals surface area contributed by atoms with E-state index in [-0.39, 0.29) is 35.3 Å². The van der Waals surface area contributed by atoms with E-state index in [1.165, 1.54) is 16.7 Å².